The first-order chi connectivity index (χ1) is 13.2. The number of benzene rings is 1. The van der Waals surface area contributed by atoms with E-state index < -0.39 is 23.8 Å². The fourth-order valence-corrected chi connectivity index (χ4v) is 2.99. The minimum Gasteiger partial charge on any atom is -0.348 e. The summed E-state index contributed by atoms with van der Waals surface area (Å²) in [6, 6.07) is 11.3. The molecule has 0 aliphatic carbocycles. The number of nitrogens with zero attached hydrogens (tertiary/aromatic N) is 3. The summed E-state index contributed by atoms with van der Waals surface area (Å²) in [5, 5.41) is 6.39. The van der Waals surface area contributed by atoms with Crippen LogP contribution >= 0.6 is 0 Å². The zero-order valence-corrected chi connectivity index (χ0v) is 15.7. The Morgan fingerprint density at radius 2 is 1.71 bits per heavy atom. The lowest BCUT2D eigenvalue weighted by Gasteiger charge is -2.19. The second-order valence-electron chi connectivity index (χ2n) is 6.70. The highest BCUT2D eigenvalue weighted by atomic mass is 19.4. The average molecular weight is 390 g/mol. The molecular weight excluding hydrogens is 369 g/mol. The maximum absolute atomic E-state index is 12.8. The molecule has 0 bridgehead atoms. The van der Waals surface area contributed by atoms with Gasteiger partial charge in [0.1, 0.15) is 6.04 Å². The Morgan fingerprint density at radius 3 is 2.25 bits per heavy atom. The zero-order chi connectivity index (χ0) is 20.5. The largest absolute Gasteiger partial charge is 0.435 e. The molecule has 1 N–H and O–H groups in total. The van der Waals surface area contributed by atoms with Crippen LogP contribution < -0.4 is 5.32 Å². The van der Waals surface area contributed by atoms with E-state index in [1.54, 1.807) is 0 Å². The van der Waals surface area contributed by atoms with Gasteiger partial charge in [-0.05, 0) is 56.7 Å². The lowest BCUT2D eigenvalue weighted by atomic mass is 10.1. The predicted octanol–water partition coefficient (Wildman–Crippen LogP) is 4.44. The van der Waals surface area contributed by atoms with Crippen molar-refractivity contribution in [3.05, 3.63) is 71.8 Å². The van der Waals surface area contributed by atoms with Crippen LogP contribution in [-0.4, -0.2) is 20.3 Å². The van der Waals surface area contributed by atoms with E-state index in [-0.39, 0.29) is 11.7 Å². The molecule has 2 atom stereocenters. The van der Waals surface area contributed by atoms with E-state index in [4.69, 9.17) is 0 Å². The molecule has 8 heteroatoms. The van der Waals surface area contributed by atoms with E-state index in [9.17, 15) is 18.0 Å². The number of amides is 1. The number of carbonyl (C=O) groups is 1. The van der Waals surface area contributed by atoms with Crippen LogP contribution in [0, 0.1) is 6.92 Å². The van der Waals surface area contributed by atoms with Crippen molar-refractivity contribution in [2.45, 2.75) is 39.0 Å². The second kappa shape index (κ2) is 7.53. The van der Waals surface area contributed by atoms with E-state index in [1.807, 2.05) is 60.3 Å². The molecule has 0 saturated heterocycles. The molecule has 5 nitrogen and oxygen atoms in total. The number of hydrogen-bond acceptors (Lipinski definition) is 2. The van der Waals surface area contributed by atoms with Gasteiger partial charge in [-0.2, -0.15) is 18.3 Å². The zero-order valence-electron chi connectivity index (χ0n) is 15.7. The molecule has 2 heterocycles. The maximum Gasteiger partial charge on any atom is 0.435 e. The highest BCUT2D eigenvalue weighted by molar-refractivity contribution is 5.80. The number of halogens is 3. The number of alkyl halides is 3. The van der Waals surface area contributed by atoms with Crippen LogP contribution in [0.5, 0.6) is 0 Å². The van der Waals surface area contributed by atoms with Gasteiger partial charge in [0.05, 0.1) is 6.04 Å². The van der Waals surface area contributed by atoms with Crippen molar-refractivity contribution in [3.63, 3.8) is 0 Å². The fourth-order valence-electron chi connectivity index (χ4n) is 2.99. The maximum atomic E-state index is 12.8. The monoisotopic (exact) mass is 390 g/mol. The minimum absolute atomic E-state index is 0.277. The Morgan fingerprint density at radius 1 is 1.11 bits per heavy atom. The van der Waals surface area contributed by atoms with Crippen molar-refractivity contribution in [1.29, 1.82) is 0 Å². The smallest absolute Gasteiger partial charge is 0.348 e. The molecule has 3 rings (SSSR count). The lowest BCUT2D eigenvalue weighted by Crippen LogP contribution is -2.34. The van der Waals surface area contributed by atoms with Crippen LogP contribution in [0.2, 0.25) is 0 Å². The van der Waals surface area contributed by atoms with Gasteiger partial charge in [0.15, 0.2) is 5.69 Å². The first-order valence-electron chi connectivity index (χ1n) is 8.84. The molecule has 1 amide bonds. The highest BCUT2D eigenvalue weighted by Crippen LogP contribution is 2.29. The first-order valence-corrected chi connectivity index (χ1v) is 8.84. The van der Waals surface area contributed by atoms with Gasteiger partial charge in [-0.25, -0.2) is 0 Å². The van der Waals surface area contributed by atoms with E-state index >= 15 is 0 Å². The van der Waals surface area contributed by atoms with Crippen molar-refractivity contribution in [3.8, 4) is 5.69 Å². The molecule has 2 unspecified atom stereocenters. The standard InChI is InChI=1S/C20H21F3N4O/c1-13-12-18(20(21,22)23)25-27(13)15(3)19(28)24-14(2)16-6-8-17(9-7-16)26-10-4-5-11-26/h4-12,14-15H,1-3H3,(H,24,28). The third-order valence-corrected chi connectivity index (χ3v) is 4.61. The molecule has 0 aliphatic heterocycles. The number of aromatic nitrogens is 3. The summed E-state index contributed by atoms with van der Waals surface area (Å²) < 4.78 is 41.6. The van der Waals surface area contributed by atoms with E-state index in [0.717, 1.165) is 22.0 Å². The summed E-state index contributed by atoms with van der Waals surface area (Å²) >= 11 is 0. The first kappa shape index (κ1) is 19.7. The van der Waals surface area contributed by atoms with Crippen molar-refractivity contribution in [2.75, 3.05) is 0 Å². The Labute approximate surface area is 160 Å². The van der Waals surface area contributed by atoms with Gasteiger partial charge in [0.25, 0.3) is 0 Å². The molecule has 3 aromatic rings. The van der Waals surface area contributed by atoms with Crippen LogP contribution in [0.1, 0.15) is 42.9 Å². The lowest BCUT2D eigenvalue weighted by molar-refractivity contribution is -0.142. The van der Waals surface area contributed by atoms with Gasteiger partial charge in [-0.3, -0.25) is 9.48 Å². The quantitative estimate of drug-likeness (QED) is 0.700. The van der Waals surface area contributed by atoms with Crippen molar-refractivity contribution in [2.24, 2.45) is 0 Å². The van der Waals surface area contributed by atoms with Gasteiger partial charge in [0.2, 0.25) is 5.91 Å². The Balaban J connectivity index is 1.69. The number of nitrogens with one attached hydrogen (secondary N) is 1. The minimum atomic E-state index is -4.54. The highest BCUT2D eigenvalue weighted by Gasteiger charge is 2.35. The summed E-state index contributed by atoms with van der Waals surface area (Å²) in [7, 11) is 0. The summed E-state index contributed by atoms with van der Waals surface area (Å²) in [6.45, 7) is 4.85. The van der Waals surface area contributed by atoms with Crippen LogP contribution in [0.25, 0.3) is 5.69 Å². The SMILES string of the molecule is Cc1cc(C(F)(F)F)nn1C(C)C(=O)NC(C)c1ccc(-n2cccc2)cc1. The Kier molecular flexibility index (Phi) is 5.31. The second-order valence-corrected chi connectivity index (χ2v) is 6.70. The van der Waals surface area contributed by atoms with Crippen LogP contribution in [-0.2, 0) is 11.0 Å². The van der Waals surface area contributed by atoms with E-state index in [1.165, 1.54) is 13.8 Å². The number of carbonyl (C=O) groups excluding carboxylic acids is 1. The summed E-state index contributed by atoms with van der Waals surface area (Å²) in [6.07, 6.45) is -0.673. The fraction of sp³-hybridized carbons (Fsp3) is 0.300. The van der Waals surface area contributed by atoms with Gasteiger partial charge < -0.3 is 9.88 Å². The molecule has 0 saturated carbocycles. The normalized spacial score (nSPS) is 13.9. The van der Waals surface area contributed by atoms with Gasteiger partial charge in [-0.15, -0.1) is 0 Å². The van der Waals surface area contributed by atoms with Crippen molar-refractivity contribution < 1.29 is 18.0 Å². The Hall–Kier alpha value is -3.03. The molecule has 148 valence electrons. The molecule has 28 heavy (non-hydrogen) atoms. The number of hydrogen-bond donors (Lipinski definition) is 1. The van der Waals surface area contributed by atoms with Crippen molar-refractivity contribution in [1.82, 2.24) is 19.7 Å². The van der Waals surface area contributed by atoms with Gasteiger partial charge in [0, 0.05) is 23.8 Å². The topological polar surface area (TPSA) is 51.9 Å². The molecule has 1 aromatic carbocycles. The van der Waals surface area contributed by atoms with Crippen LogP contribution in [0.4, 0.5) is 13.2 Å². The molecule has 0 radical (unpaired) electrons. The summed E-state index contributed by atoms with van der Waals surface area (Å²) in [5.41, 5.74) is 1.16. The van der Waals surface area contributed by atoms with Crippen molar-refractivity contribution >= 4 is 5.91 Å². The van der Waals surface area contributed by atoms with E-state index in [2.05, 4.69) is 10.4 Å². The number of aryl methyl sites for hydroxylation is 1. The third-order valence-electron chi connectivity index (χ3n) is 4.61. The molecule has 0 fully saturated rings. The molecule has 2 aromatic heterocycles. The van der Waals surface area contributed by atoms with Crippen LogP contribution in [0.15, 0.2) is 54.9 Å². The van der Waals surface area contributed by atoms with Gasteiger partial charge >= 0.3 is 6.18 Å². The molecule has 0 aliphatic rings. The summed E-state index contributed by atoms with van der Waals surface area (Å²) in [4.78, 5) is 12.5. The predicted molar refractivity (Wildman–Crippen MR) is 99.0 cm³/mol. The Bertz CT molecular complexity index is 943. The molecular formula is C20H21F3N4O. The van der Waals surface area contributed by atoms with Gasteiger partial charge in [-0.1, -0.05) is 12.1 Å². The number of rotatable bonds is 5. The average Bonchev–Trinajstić information content (AvgIpc) is 3.30. The summed E-state index contributed by atoms with van der Waals surface area (Å²) in [5.74, 6) is -0.401. The van der Waals surface area contributed by atoms with E-state index in [0.29, 0.717) is 0 Å². The third kappa shape index (κ3) is 4.11. The van der Waals surface area contributed by atoms with Crippen LogP contribution in [0.3, 0.4) is 0 Å². The molecule has 0 spiro atoms.